The van der Waals surface area contributed by atoms with Crippen molar-refractivity contribution in [3.63, 3.8) is 0 Å². The van der Waals surface area contributed by atoms with Crippen LogP contribution in [0.5, 0.6) is 11.5 Å². The van der Waals surface area contributed by atoms with Gasteiger partial charge in [0.15, 0.2) is 11.5 Å². The molecular formula is C25H27Cl2NO2. The van der Waals surface area contributed by atoms with Crippen molar-refractivity contribution in [2.75, 3.05) is 7.11 Å². The summed E-state index contributed by atoms with van der Waals surface area (Å²) in [5.74, 6) is 1.13. The fourth-order valence-electron chi connectivity index (χ4n) is 3.38. The van der Waals surface area contributed by atoms with Crippen LogP contribution in [0.1, 0.15) is 42.5 Å². The predicted molar refractivity (Wildman–Crippen MR) is 125 cm³/mol. The van der Waals surface area contributed by atoms with E-state index in [0.717, 1.165) is 24.0 Å². The van der Waals surface area contributed by atoms with Gasteiger partial charge in [0.1, 0.15) is 6.61 Å². The van der Waals surface area contributed by atoms with Crippen LogP contribution in [0.3, 0.4) is 0 Å². The van der Waals surface area contributed by atoms with E-state index in [1.807, 2.05) is 42.5 Å². The summed E-state index contributed by atoms with van der Waals surface area (Å²) in [4.78, 5) is 0. The van der Waals surface area contributed by atoms with E-state index in [2.05, 4.69) is 36.5 Å². The average Bonchev–Trinajstić information content (AvgIpc) is 2.77. The zero-order chi connectivity index (χ0) is 21.3. The van der Waals surface area contributed by atoms with Crippen LogP contribution in [0.4, 0.5) is 0 Å². The molecule has 0 fully saturated rings. The fraction of sp³-hybridized carbons (Fsp3) is 0.280. The van der Waals surface area contributed by atoms with Gasteiger partial charge in [-0.3, -0.25) is 0 Å². The Balaban J connectivity index is 1.72. The van der Waals surface area contributed by atoms with Crippen molar-refractivity contribution in [3.8, 4) is 11.5 Å². The normalized spacial score (nSPS) is 11.9. The molecule has 0 aliphatic heterocycles. The maximum absolute atomic E-state index is 6.55. The lowest BCUT2D eigenvalue weighted by Gasteiger charge is -2.20. The first kappa shape index (κ1) is 22.5. The highest BCUT2D eigenvalue weighted by atomic mass is 35.5. The third-order valence-corrected chi connectivity index (χ3v) is 5.60. The van der Waals surface area contributed by atoms with E-state index < -0.39 is 0 Å². The minimum absolute atomic E-state index is 0.289. The molecule has 30 heavy (non-hydrogen) atoms. The Hall–Kier alpha value is -2.20. The second-order valence-corrected chi connectivity index (χ2v) is 7.94. The molecule has 1 unspecified atom stereocenters. The number of hydrogen-bond donors (Lipinski definition) is 1. The molecule has 0 aliphatic carbocycles. The number of halogens is 2. The van der Waals surface area contributed by atoms with Crippen LogP contribution in [-0.4, -0.2) is 7.11 Å². The summed E-state index contributed by atoms with van der Waals surface area (Å²) in [6.07, 6.45) is 2.17. The standard InChI is InChI=1S/C25H27Cl2NO2/c1-3-9-23(19-10-5-4-6-11-19)28-16-18-14-22(27)25(24(15-18)29-2)30-17-20-12-7-8-13-21(20)26/h4-8,10-15,23,28H,3,9,16-17H2,1-2H3. The van der Waals surface area contributed by atoms with E-state index in [1.54, 1.807) is 7.11 Å². The largest absolute Gasteiger partial charge is 0.493 e. The summed E-state index contributed by atoms with van der Waals surface area (Å²) >= 11 is 12.8. The lowest BCUT2D eigenvalue weighted by atomic mass is 10.0. The number of ether oxygens (including phenoxy) is 2. The Morgan fingerprint density at radius 2 is 1.67 bits per heavy atom. The van der Waals surface area contributed by atoms with Crippen molar-refractivity contribution in [2.24, 2.45) is 0 Å². The van der Waals surface area contributed by atoms with E-state index in [0.29, 0.717) is 34.7 Å². The van der Waals surface area contributed by atoms with Gasteiger partial charge < -0.3 is 14.8 Å². The van der Waals surface area contributed by atoms with Gasteiger partial charge >= 0.3 is 0 Å². The SMILES string of the molecule is CCCC(NCc1cc(Cl)c(OCc2ccccc2Cl)c(OC)c1)c1ccccc1. The number of methoxy groups -OCH3 is 1. The average molecular weight is 444 g/mol. The molecule has 0 amide bonds. The summed E-state index contributed by atoms with van der Waals surface area (Å²) < 4.78 is 11.5. The molecule has 3 nitrogen and oxygen atoms in total. The molecule has 0 aromatic heterocycles. The number of nitrogens with one attached hydrogen (secondary N) is 1. The molecule has 0 bridgehead atoms. The molecule has 0 radical (unpaired) electrons. The first-order valence-corrected chi connectivity index (χ1v) is 10.9. The molecule has 3 rings (SSSR count). The molecule has 5 heteroatoms. The van der Waals surface area contributed by atoms with Gasteiger partial charge in [0.05, 0.1) is 12.1 Å². The van der Waals surface area contributed by atoms with E-state index in [-0.39, 0.29) is 6.04 Å². The molecule has 0 aliphatic rings. The first-order valence-electron chi connectivity index (χ1n) is 10.1. The van der Waals surface area contributed by atoms with Gasteiger partial charge in [0.25, 0.3) is 0 Å². The summed E-state index contributed by atoms with van der Waals surface area (Å²) in [5, 5.41) is 4.83. The van der Waals surface area contributed by atoms with Gasteiger partial charge in [0.2, 0.25) is 0 Å². The molecule has 3 aromatic carbocycles. The topological polar surface area (TPSA) is 30.5 Å². The van der Waals surface area contributed by atoms with Crippen molar-refractivity contribution in [1.29, 1.82) is 0 Å². The molecular weight excluding hydrogens is 417 g/mol. The molecule has 0 saturated carbocycles. The summed E-state index contributed by atoms with van der Waals surface area (Å²) in [6, 6.07) is 22.3. The summed E-state index contributed by atoms with van der Waals surface area (Å²) in [6.45, 7) is 3.20. The molecule has 1 atom stereocenters. The smallest absolute Gasteiger partial charge is 0.180 e. The second-order valence-electron chi connectivity index (χ2n) is 7.12. The Morgan fingerprint density at radius 3 is 2.37 bits per heavy atom. The van der Waals surface area contributed by atoms with Crippen LogP contribution in [0.15, 0.2) is 66.7 Å². The minimum atomic E-state index is 0.289. The van der Waals surface area contributed by atoms with E-state index in [4.69, 9.17) is 32.7 Å². The molecule has 158 valence electrons. The van der Waals surface area contributed by atoms with Crippen LogP contribution in [-0.2, 0) is 13.2 Å². The number of benzene rings is 3. The lowest BCUT2D eigenvalue weighted by Crippen LogP contribution is -2.20. The molecule has 1 N–H and O–H groups in total. The highest BCUT2D eigenvalue weighted by molar-refractivity contribution is 6.32. The van der Waals surface area contributed by atoms with Gasteiger partial charge in [-0.15, -0.1) is 0 Å². The maximum Gasteiger partial charge on any atom is 0.180 e. The van der Waals surface area contributed by atoms with E-state index in [9.17, 15) is 0 Å². The van der Waals surface area contributed by atoms with E-state index in [1.165, 1.54) is 5.56 Å². The van der Waals surface area contributed by atoms with E-state index >= 15 is 0 Å². The quantitative estimate of drug-likeness (QED) is 0.358. The zero-order valence-electron chi connectivity index (χ0n) is 17.3. The van der Waals surface area contributed by atoms with Gasteiger partial charge in [-0.05, 0) is 35.7 Å². The van der Waals surface area contributed by atoms with Crippen molar-refractivity contribution in [2.45, 2.75) is 39.0 Å². The first-order chi connectivity index (χ1) is 14.6. The zero-order valence-corrected chi connectivity index (χ0v) is 18.8. The van der Waals surface area contributed by atoms with Crippen molar-refractivity contribution in [3.05, 3.63) is 93.5 Å². The predicted octanol–water partition coefficient (Wildman–Crippen LogP) is 7.21. The second kappa shape index (κ2) is 11.3. The van der Waals surface area contributed by atoms with Crippen molar-refractivity contribution < 1.29 is 9.47 Å². The number of hydrogen-bond acceptors (Lipinski definition) is 3. The summed E-state index contributed by atoms with van der Waals surface area (Å²) in [7, 11) is 1.62. The van der Waals surface area contributed by atoms with Crippen LogP contribution in [0.25, 0.3) is 0 Å². The third kappa shape index (κ3) is 5.91. The van der Waals surface area contributed by atoms with Gasteiger partial charge in [-0.25, -0.2) is 0 Å². The Bertz CT molecular complexity index is 947. The number of rotatable bonds is 10. The fourth-order valence-corrected chi connectivity index (χ4v) is 3.86. The minimum Gasteiger partial charge on any atom is -0.493 e. The molecule has 0 saturated heterocycles. The third-order valence-electron chi connectivity index (χ3n) is 4.95. The Kier molecular flexibility index (Phi) is 8.44. The van der Waals surface area contributed by atoms with Crippen LogP contribution >= 0.6 is 23.2 Å². The Labute approximate surface area is 188 Å². The van der Waals surface area contributed by atoms with Crippen LogP contribution in [0.2, 0.25) is 10.0 Å². The maximum atomic E-state index is 6.55. The Morgan fingerprint density at radius 1 is 0.933 bits per heavy atom. The van der Waals surface area contributed by atoms with Crippen molar-refractivity contribution in [1.82, 2.24) is 5.32 Å². The van der Waals surface area contributed by atoms with Crippen LogP contribution < -0.4 is 14.8 Å². The molecule has 0 heterocycles. The van der Waals surface area contributed by atoms with Crippen molar-refractivity contribution >= 4 is 23.2 Å². The van der Waals surface area contributed by atoms with Crippen LogP contribution in [0, 0.1) is 0 Å². The molecule has 0 spiro atoms. The summed E-state index contributed by atoms with van der Waals surface area (Å²) in [5.41, 5.74) is 3.23. The van der Waals surface area contributed by atoms with Gasteiger partial charge in [-0.1, -0.05) is 85.1 Å². The highest BCUT2D eigenvalue weighted by Gasteiger charge is 2.15. The van der Waals surface area contributed by atoms with Gasteiger partial charge in [0, 0.05) is 23.2 Å². The lowest BCUT2D eigenvalue weighted by molar-refractivity contribution is 0.284. The molecule has 3 aromatic rings. The monoisotopic (exact) mass is 443 g/mol. The van der Waals surface area contributed by atoms with Gasteiger partial charge in [-0.2, -0.15) is 0 Å². The highest BCUT2D eigenvalue weighted by Crippen LogP contribution is 2.37.